The predicted molar refractivity (Wildman–Crippen MR) is 77.8 cm³/mol. The summed E-state index contributed by atoms with van der Waals surface area (Å²) in [7, 11) is 0. The lowest BCUT2D eigenvalue weighted by molar-refractivity contribution is 0.589. The van der Waals surface area contributed by atoms with Gasteiger partial charge in [0.1, 0.15) is 5.82 Å². The van der Waals surface area contributed by atoms with Crippen molar-refractivity contribution in [1.29, 1.82) is 0 Å². The van der Waals surface area contributed by atoms with Crippen molar-refractivity contribution in [1.82, 2.24) is 0 Å². The Hall–Kier alpha value is -1.67. The number of halogens is 1. The first-order valence-corrected chi connectivity index (χ1v) is 6.62. The maximum Gasteiger partial charge on any atom is 0.126 e. The summed E-state index contributed by atoms with van der Waals surface area (Å²) in [6, 6.07) is 13.3. The average Bonchev–Trinajstić information content (AvgIpc) is 2.41. The van der Waals surface area contributed by atoms with Crippen LogP contribution in [0.15, 0.2) is 42.5 Å². The Morgan fingerprint density at radius 1 is 1.11 bits per heavy atom. The molecule has 0 radical (unpaired) electrons. The van der Waals surface area contributed by atoms with Crippen molar-refractivity contribution in [3.05, 3.63) is 70.5 Å². The van der Waals surface area contributed by atoms with Crippen LogP contribution in [0.25, 0.3) is 0 Å². The summed E-state index contributed by atoms with van der Waals surface area (Å²) >= 11 is 0. The number of hydrogen-bond donors (Lipinski definition) is 1. The smallest absolute Gasteiger partial charge is 0.126 e. The first-order chi connectivity index (χ1) is 9.11. The molecule has 2 heteroatoms. The van der Waals surface area contributed by atoms with Crippen LogP contribution in [0.2, 0.25) is 0 Å². The molecule has 2 aromatic rings. The van der Waals surface area contributed by atoms with E-state index < -0.39 is 0 Å². The second kappa shape index (κ2) is 5.98. The molecule has 0 fully saturated rings. The normalized spacial score (nSPS) is 12.4. The number of rotatable bonds is 4. The zero-order valence-corrected chi connectivity index (χ0v) is 11.5. The van der Waals surface area contributed by atoms with Crippen molar-refractivity contribution in [2.75, 3.05) is 6.54 Å². The highest BCUT2D eigenvalue weighted by Gasteiger charge is 2.15. The first-order valence-electron chi connectivity index (χ1n) is 6.62. The first kappa shape index (κ1) is 13.8. The molecular weight excluding hydrogens is 237 g/mol. The van der Waals surface area contributed by atoms with Gasteiger partial charge in [0.05, 0.1) is 0 Å². The predicted octanol–water partition coefficient (Wildman–Crippen LogP) is 3.73. The highest BCUT2D eigenvalue weighted by Crippen LogP contribution is 2.25. The summed E-state index contributed by atoms with van der Waals surface area (Å²) in [5, 5.41) is 0. The topological polar surface area (TPSA) is 26.0 Å². The summed E-state index contributed by atoms with van der Waals surface area (Å²) in [5.74, 6) is 0.0167. The van der Waals surface area contributed by atoms with Gasteiger partial charge in [-0.05, 0) is 49.6 Å². The molecule has 19 heavy (non-hydrogen) atoms. The molecule has 0 aliphatic heterocycles. The molecule has 2 aromatic carbocycles. The number of hydrogen-bond acceptors (Lipinski definition) is 1. The van der Waals surface area contributed by atoms with E-state index in [0.717, 1.165) is 5.56 Å². The summed E-state index contributed by atoms with van der Waals surface area (Å²) in [4.78, 5) is 0. The molecular formula is C17H20FN. The molecule has 0 bridgehead atoms. The second-order valence-electron chi connectivity index (χ2n) is 5.09. The Morgan fingerprint density at radius 3 is 2.53 bits per heavy atom. The van der Waals surface area contributed by atoms with Crippen LogP contribution in [-0.4, -0.2) is 6.54 Å². The van der Waals surface area contributed by atoms with Gasteiger partial charge in [-0.2, -0.15) is 0 Å². The van der Waals surface area contributed by atoms with Gasteiger partial charge in [0.25, 0.3) is 0 Å². The monoisotopic (exact) mass is 257 g/mol. The third kappa shape index (κ3) is 3.21. The summed E-state index contributed by atoms with van der Waals surface area (Å²) in [6.45, 7) is 4.68. The van der Waals surface area contributed by atoms with Crippen molar-refractivity contribution in [2.24, 2.45) is 5.73 Å². The Kier molecular flexibility index (Phi) is 4.33. The van der Waals surface area contributed by atoms with Gasteiger partial charge in [-0.3, -0.25) is 0 Å². The van der Waals surface area contributed by atoms with Crippen molar-refractivity contribution in [2.45, 2.75) is 26.2 Å². The molecule has 1 atom stereocenters. The summed E-state index contributed by atoms with van der Waals surface area (Å²) in [5.41, 5.74) is 10.3. The maximum absolute atomic E-state index is 13.7. The minimum absolute atomic E-state index is 0.147. The molecule has 0 aliphatic carbocycles. The van der Waals surface area contributed by atoms with Crippen molar-refractivity contribution in [3.8, 4) is 0 Å². The summed E-state index contributed by atoms with van der Waals surface area (Å²) < 4.78 is 13.7. The lowest BCUT2D eigenvalue weighted by Gasteiger charge is -2.19. The molecule has 1 unspecified atom stereocenters. The minimum atomic E-state index is -0.147. The van der Waals surface area contributed by atoms with Crippen LogP contribution < -0.4 is 5.73 Å². The van der Waals surface area contributed by atoms with Crippen molar-refractivity contribution in [3.63, 3.8) is 0 Å². The lowest BCUT2D eigenvalue weighted by atomic mass is 9.88. The molecule has 0 amide bonds. The van der Waals surface area contributed by atoms with E-state index in [1.807, 2.05) is 12.1 Å². The maximum atomic E-state index is 13.7. The standard InChI is InChI=1S/C17H20FN/c1-12-7-8-13(2)16(9-12)15(11-19)10-14-5-3-4-6-17(14)18/h3-9,15H,10-11,19H2,1-2H3. The van der Waals surface area contributed by atoms with E-state index in [1.165, 1.54) is 22.8 Å². The van der Waals surface area contributed by atoms with Gasteiger partial charge in [0.15, 0.2) is 0 Å². The lowest BCUT2D eigenvalue weighted by Crippen LogP contribution is -2.17. The Labute approximate surface area is 114 Å². The minimum Gasteiger partial charge on any atom is -0.330 e. The molecule has 2 rings (SSSR count). The fourth-order valence-corrected chi connectivity index (χ4v) is 2.45. The van der Waals surface area contributed by atoms with E-state index in [0.29, 0.717) is 13.0 Å². The van der Waals surface area contributed by atoms with E-state index in [-0.39, 0.29) is 11.7 Å². The van der Waals surface area contributed by atoms with Gasteiger partial charge in [-0.1, -0.05) is 42.0 Å². The van der Waals surface area contributed by atoms with Gasteiger partial charge in [-0.25, -0.2) is 4.39 Å². The third-order valence-electron chi connectivity index (χ3n) is 3.58. The van der Waals surface area contributed by atoms with E-state index in [1.54, 1.807) is 6.07 Å². The molecule has 0 spiro atoms. The van der Waals surface area contributed by atoms with Crippen LogP contribution in [0.1, 0.15) is 28.2 Å². The van der Waals surface area contributed by atoms with Gasteiger partial charge in [0, 0.05) is 5.92 Å². The number of nitrogens with two attached hydrogens (primary N) is 1. The average molecular weight is 257 g/mol. The third-order valence-corrected chi connectivity index (χ3v) is 3.58. The Balaban J connectivity index is 2.30. The van der Waals surface area contributed by atoms with Crippen LogP contribution in [-0.2, 0) is 6.42 Å². The quantitative estimate of drug-likeness (QED) is 0.887. The fraction of sp³-hybridized carbons (Fsp3) is 0.294. The molecule has 0 saturated carbocycles. The van der Waals surface area contributed by atoms with Crippen LogP contribution >= 0.6 is 0 Å². The molecule has 1 nitrogen and oxygen atoms in total. The fourth-order valence-electron chi connectivity index (χ4n) is 2.45. The van der Waals surface area contributed by atoms with Gasteiger partial charge in [0.2, 0.25) is 0 Å². The van der Waals surface area contributed by atoms with Gasteiger partial charge < -0.3 is 5.73 Å². The summed E-state index contributed by atoms with van der Waals surface area (Å²) in [6.07, 6.45) is 0.646. The highest BCUT2D eigenvalue weighted by atomic mass is 19.1. The van der Waals surface area contributed by atoms with E-state index in [2.05, 4.69) is 32.0 Å². The van der Waals surface area contributed by atoms with Crippen LogP contribution in [0, 0.1) is 19.7 Å². The largest absolute Gasteiger partial charge is 0.330 e. The number of benzene rings is 2. The van der Waals surface area contributed by atoms with Crippen molar-refractivity contribution < 1.29 is 4.39 Å². The van der Waals surface area contributed by atoms with E-state index in [4.69, 9.17) is 5.73 Å². The molecule has 0 saturated heterocycles. The van der Waals surface area contributed by atoms with Crippen molar-refractivity contribution >= 4 is 0 Å². The molecule has 0 heterocycles. The Bertz CT molecular complexity index is 563. The van der Waals surface area contributed by atoms with E-state index >= 15 is 0 Å². The zero-order chi connectivity index (χ0) is 13.8. The van der Waals surface area contributed by atoms with Crippen LogP contribution in [0.5, 0.6) is 0 Å². The van der Waals surface area contributed by atoms with Crippen LogP contribution in [0.4, 0.5) is 4.39 Å². The van der Waals surface area contributed by atoms with Gasteiger partial charge in [-0.15, -0.1) is 0 Å². The zero-order valence-electron chi connectivity index (χ0n) is 11.5. The Morgan fingerprint density at radius 2 is 1.84 bits per heavy atom. The highest BCUT2D eigenvalue weighted by molar-refractivity contribution is 5.35. The number of aryl methyl sites for hydroxylation is 2. The molecule has 2 N–H and O–H groups in total. The SMILES string of the molecule is Cc1ccc(C)c(C(CN)Cc2ccccc2F)c1. The van der Waals surface area contributed by atoms with Crippen LogP contribution in [0.3, 0.4) is 0 Å². The second-order valence-corrected chi connectivity index (χ2v) is 5.09. The molecule has 0 aromatic heterocycles. The molecule has 100 valence electrons. The van der Waals surface area contributed by atoms with Gasteiger partial charge >= 0.3 is 0 Å². The van der Waals surface area contributed by atoms with E-state index in [9.17, 15) is 4.39 Å². The molecule has 0 aliphatic rings.